The Morgan fingerprint density at radius 3 is 2.59 bits per heavy atom. The molecular formula is C24H28N4O. The smallest absolute Gasteiger partial charge is 0.255 e. The summed E-state index contributed by atoms with van der Waals surface area (Å²) >= 11 is 0. The van der Waals surface area contributed by atoms with Crippen molar-refractivity contribution in [1.82, 2.24) is 15.3 Å². The summed E-state index contributed by atoms with van der Waals surface area (Å²) in [4.78, 5) is 22.9. The molecule has 2 aromatic heterocycles. The van der Waals surface area contributed by atoms with Gasteiger partial charge in [-0.05, 0) is 68.7 Å². The van der Waals surface area contributed by atoms with Crippen LogP contribution in [-0.2, 0) is 0 Å². The van der Waals surface area contributed by atoms with Gasteiger partial charge in [-0.2, -0.15) is 0 Å². The summed E-state index contributed by atoms with van der Waals surface area (Å²) in [6.07, 6.45) is 10.5. The first-order chi connectivity index (χ1) is 14.3. The van der Waals surface area contributed by atoms with Crippen LogP contribution in [0.3, 0.4) is 0 Å². The molecule has 5 heteroatoms. The van der Waals surface area contributed by atoms with Gasteiger partial charge in [-0.15, -0.1) is 0 Å². The number of carbonyl (C=O) groups excluding carboxylic acids is 1. The molecule has 0 unspecified atom stereocenters. The van der Waals surface area contributed by atoms with Crippen LogP contribution in [0.5, 0.6) is 0 Å². The molecule has 2 heterocycles. The molecular weight excluding hydrogens is 360 g/mol. The number of para-hydroxylation sites is 1. The summed E-state index contributed by atoms with van der Waals surface area (Å²) in [5, 5.41) is 3.25. The first-order valence-electron chi connectivity index (χ1n) is 10.8. The highest BCUT2D eigenvalue weighted by atomic mass is 16.1. The first kappa shape index (κ1) is 18.2. The average Bonchev–Trinajstić information content (AvgIpc) is 3.49. The highest BCUT2D eigenvalue weighted by Crippen LogP contribution is 2.35. The molecule has 0 atom stereocenters. The molecule has 5 rings (SSSR count). The highest BCUT2D eigenvalue weighted by molar-refractivity contribution is 6.05. The fourth-order valence-electron chi connectivity index (χ4n) is 4.59. The third kappa shape index (κ3) is 4.00. The number of benzene rings is 1. The molecule has 5 nitrogen and oxygen atoms in total. The SMILES string of the molecule is O=C(N[C@H]1CC[C@@H](N(CC2CC2)c2ccccc2)CC1)c1c[nH]c2cccnc12. The maximum atomic E-state index is 12.8. The molecule has 2 aliphatic rings. The summed E-state index contributed by atoms with van der Waals surface area (Å²) < 4.78 is 0. The molecule has 29 heavy (non-hydrogen) atoms. The number of amides is 1. The van der Waals surface area contributed by atoms with Crippen molar-refractivity contribution >= 4 is 22.6 Å². The summed E-state index contributed by atoms with van der Waals surface area (Å²) in [7, 11) is 0. The van der Waals surface area contributed by atoms with Gasteiger partial charge in [0.1, 0.15) is 5.52 Å². The minimum Gasteiger partial charge on any atom is -0.368 e. The van der Waals surface area contributed by atoms with Gasteiger partial charge in [0.2, 0.25) is 0 Å². The molecule has 2 N–H and O–H groups in total. The van der Waals surface area contributed by atoms with E-state index in [1.165, 1.54) is 25.1 Å². The monoisotopic (exact) mass is 388 g/mol. The number of fused-ring (bicyclic) bond motifs is 1. The third-order valence-electron chi connectivity index (χ3n) is 6.39. The molecule has 2 fully saturated rings. The van der Waals surface area contributed by atoms with Gasteiger partial charge in [-0.25, -0.2) is 0 Å². The fraction of sp³-hybridized carbons (Fsp3) is 0.417. The van der Waals surface area contributed by atoms with Gasteiger partial charge in [0.25, 0.3) is 5.91 Å². The van der Waals surface area contributed by atoms with Crippen molar-refractivity contribution in [2.75, 3.05) is 11.4 Å². The number of aromatic amines is 1. The van der Waals surface area contributed by atoms with Crippen molar-refractivity contribution in [2.45, 2.75) is 50.6 Å². The molecule has 1 amide bonds. The lowest BCUT2D eigenvalue weighted by atomic mass is 9.89. The van der Waals surface area contributed by atoms with Gasteiger partial charge in [0.15, 0.2) is 0 Å². The van der Waals surface area contributed by atoms with Gasteiger partial charge in [-0.3, -0.25) is 9.78 Å². The number of pyridine rings is 1. The minimum atomic E-state index is -0.0173. The highest BCUT2D eigenvalue weighted by Gasteiger charge is 2.31. The number of rotatable bonds is 6. The van der Waals surface area contributed by atoms with E-state index in [4.69, 9.17) is 0 Å². The van der Waals surface area contributed by atoms with E-state index in [0.717, 1.165) is 42.6 Å². The van der Waals surface area contributed by atoms with Gasteiger partial charge in [0, 0.05) is 36.7 Å². The number of nitrogens with one attached hydrogen (secondary N) is 2. The number of anilines is 1. The van der Waals surface area contributed by atoms with Crippen LogP contribution in [-0.4, -0.2) is 34.5 Å². The maximum absolute atomic E-state index is 12.8. The lowest BCUT2D eigenvalue weighted by Crippen LogP contribution is -2.44. The average molecular weight is 389 g/mol. The largest absolute Gasteiger partial charge is 0.368 e. The van der Waals surface area contributed by atoms with Gasteiger partial charge in [0.05, 0.1) is 11.1 Å². The van der Waals surface area contributed by atoms with E-state index in [9.17, 15) is 4.79 Å². The minimum absolute atomic E-state index is 0.0173. The van der Waals surface area contributed by atoms with Crippen LogP contribution in [0.25, 0.3) is 11.0 Å². The molecule has 0 aliphatic heterocycles. The van der Waals surface area contributed by atoms with Crippen LogP contribution < -0.4 is 10.2 Å². The van der Waals surface area contributed by atoms with Crippen molar-refractivity contribution < 1.29 is 4.79 Å². The summed E-state index contributed by atoms with van der Waals surface area (Å²) in [6.45, 7) is 1.17. The second kappa shape index (κ2) is 7.90. The predicted molar refractivity (Wildman–Crippen MR) is 116 cm³/mol. The zero-order valence-corrected chi connectivity index (χ0v) is 16.7. The molecule has 0 saturated heterocycles. The second-order valence-corrected chi connectivity index (χ2v) is 8.51. The van der Waals surface area contributed by atoms with E-state index in [2.05, 4.69) is 50.5 Å². The zero-order chi connectivity index (χ0) is 19.6. The third-order valence-corrected chi connectivity index (χ3v) is 6.39. The van der Waals surface area contributed by atoms with Crippen LogP contribution >= 0.6 is 0 Å². The molecule has 1 aromatic carbocycles. The Hall–Kier alpha value is -2.82. The van der Waals surface area contributed by atoms with E-state index in [0.29, 0.717) is 11.6 Å². The van der Waals surface area contributed by atoms with Crippen LogP contribution in [0, 0.1) is 5.92 Å². The first-order valence-corrected chi connectivity index (χ1v) is 10.8. The summed E-state index contributed by atoms with van der Waals surface area (Å²) in [5.74, 6) is 0.846. The number of hydrogen-bond donors (Lipinski definition) is 2. The maximum Gasteiger partial charge on any atom is 0.255 e. The summed E-state index contributed by atoms with van der Waals surface area (Å²) in [6, 6.07) is 15.5. The molecule has 0 spiro atoms. The number of aromatic nitrogens is 2. The van der Waals surface area contributed by atoms with Crippen LogP contribution in [0.1, 0.15) is 48.9 Å². The van der Waals surface area contributed by atoms with Crippen LogP contribution in [0.15, 0.2) is 54.9 Å². The number of hydrogen-bond acceptors (Lipinski definition) is 3. The van der Waals surface area contributed by atoms with E-state index in [-0.39, 0.29) is 11.9 Å². The Bertz CT molecular complexity index is 971. The standard InChI is InChI=1S/C24H28N4O/c29-24(21-15-26-22-7-4-14-25-23(21)22)27-18-10-12-20(13-11-18)28(16-17-8-9-17)19-5-2-1-3-6-19/h1-7,14-15,17-18,20,26H,8-13,16H2,(H,27,29)/t18-,20+. The number of nitrogens with zero attached hydrogens (tertiary/aromatic N) is 2. The van der Waals surface area contributed by atoms with Gasteiger partial charge >= 0.3 is 0 Å². The predicted octanol–water partition coefficient (Wildman–Crippen LogP) is 4.52. The number of carbonyl (C=O) groups is 1. The Morgan fingerprint density at radius 2 is 1.83 bits per heavy atom. The van der Waals surface area contributed by atoms with Crippen molar-refractivity contribution in [1.29, 1.82) is 0 Å². The van der Waals surface area contributed by atoms with Crippen molar-refractivity contribution in [3.05, 3.63) is 60.4 Å². The normalized spacial score (nSPS) is 21.8. The lowest BCUT2D eigenvalue weighted by molar-refractivity contribution is 0.0927. The Balaban J connectivity index is 1.22. The van der Waals surface area contributed by atoms with E-state index >= 15 is 0 Å². The lowest BCUT2D eigenvalue weighted by Gasteiger charge is -2.39. The van der Waals surface area contributed by atoms with Crippen LogP contribution in [0.2, 0.25) is 0 Å². The van der Waals surface area contributed by atoms with Crippen molar-refractivity contribution in [3.63, 3.8) is 0 Å². The van der Waals surface area contributed by atoms with Crippen molar-refractivity contribution in [3.8, 4) is 0 Å². The molecule has 3 aromatic rings. The molecule has 0 radical (unpaired) electrons. The van der Waals surface area contributed by atoms with E-state index in [1.807, 2.05) is 12.1 Å². The molecule has 150 valence electrons. The number of H-pyrrole nitrogens is 1. The Kier molecular flexibility index (Phi) is 4.96. The quantitative estimate of drug-likeness (QED) is 0.653. The zero-order valence-electron chi connectivity index (χ0n) is 16.7. The Morgan fingerprint density at radius 1 is 1.03 bits per heavy atom. The van der Waals surface area contributed by atoms with Crippen molar-refractivity contribution in [2.24, 2.45) is 5.92 Å². The molecule has 0 bridgehead atoms. The summed E-state index contributed by atoms with van der Waals surface area (Å²) in [5.41, 5.74) is 3.64. The second-order valence-electron chi connectivity index (χ2n) is 8.51. The molecule has 2 saturated carbocycles. The van der Waals surface area contributed by atoms with E-state index in [1.54, 1.807) is 12.4 Å². The van der Waals surface area contributed by atoms with Crippen LogP contribution in [0.4, 0.5) is 5.69 Å². The topological polar surface area (TPSA) is 61.0 Å². The molecule has 2 aliphatic carbocycles. The fourth-order valence-corrected chi connectivity index (χ4v) is 4.59. The van der Waals surface area contributed by atoms with E-state index < -0.39 is 0 Å². The van der Waals surface area contributed by atoms with Gasteiger partial charge < -0.3 is 15.2 Å². The van der Waals surface area contributed by atoms with Gasteiger partial charge in [-0.1, -0.05) is 18.2 Å². The Labute approximate surface area is 171 Å².